The number of hydrogen-bond donors (Lipinski definition) is 1. The van der Waals surface area contributed by atoms with Crippen LogP contribution >= 0.6 is 0 Å². The number of hydrogen-bond acceptors (Lipinski definition) is 3. The highest BCUT2D eigenvalue weighted by Gasteiger charge is 2.14. The Balaban J connectivity index is 2.95. The molecule has 1 aromatic carbocycles. The zero-order valence-corrected chi connectivity index (χ0v) is 8.48. The van der Waals surface area contributed by atoms with Crippen LogP contribution in [0.25, 0.3) is 5.76 Å². The SMILES string of the molecule is COc1cccc(/C(O)=C/C(=O)C(F)F)c1. The molecule has 1 aromatic rings. The Morgan fingerprint density at radius 2 is 2.19 bits per heavy atom. The monoisotopic (exact) mass is 228 g/mol. The van der Waals surface area contributed by atoms with E-state index in [9.17, 15) is 18.7 Å². The summed E-state index contributed by atoms with van der Waals surface area (Å²) in [6.07, 6.45) is -2.62. The fraction of sp³-hybridized carbons (Fsp3) is 0.182. The number of ketones is 1. The first kappa shape index (κ1) is 12.2. The molecule has 5 heteroatoms. The molecule has 0 saturated heterocycles. The zero-order chi connectivity index (χ0) is 12.1. The molecule has 16 heavy (non-hydrogen) atoms. The van der Waals surface area contributed by atoms with Gasteiger partial charge in [0.2, 0.25) is 5.78 Å². The second-order valence-corrected chi connectivity index (χ2v) is 2.96. The van der Waals surface area contributed by atoms with Gasteiger partial charge in [0.25, 0.3) is 6.43 Å². The number of carbonyl (C=O) groups is 1. The van der Waals surface area contributed by atoms with Crippen LogP contribution in [0.5, 0.6) is 5.75 Å². The molecular formula is C11H10F2O3. The molecule has 1 rings (SSSR count). The molecule has 0 atom stereocenters. The number of methoxy groups -OCH3 is 1. The largest absolute Gasteiger partial charge is 0.507 e. The maximum absolute atomic E-state index is 11.9. The lowest BCUT2D eigenvalue weighted by molar-refractivity contribution is -0.124. The molecule has 0 aliphatic heterocycles. The number of aliphatic hydroxyl groups excluding tert-OH is 1. The third-order valence-corrected chi connectivity index (χ3v) is 1.86. The Morgan fingerprint density at radius 3 is 2.75 bits per heavy atom. The lowest BCUT2D eigenvalue weighted by Crippen LogP contribution is -2.06. The standard InChI is InChI=1S/C11H10F2O3/c1-16-8-4-2-3-7(5-8)9(14)6-10(15)11(12)13/h2-6,11,14H,1H3/b9-6-. The summed E-state index contributed by atoms with van der Waals surface area (Å²) in [5, 5.41) is 9.41. The van der Waals surface area contributed by atoms with Crippen LogP contribution in [0.4, 0.5) is 8.78 Å². The predicted octanol–water partition coefficient (Wildman–Crippen LogP) is 2.43. The number of halogens is 2. The summed E-state index contributed by atoms with van der Waals surface area (Å²) in [4.78, 5) is 10.7. The molecule has 0 saturated carbocycles. The van der Waals surface area contributed by atoms with Gasteiger partial charge < -0.3 is 9.84 Å². The molecule has 0 spiro atoms. The van der Waals surface area contributed by atoms with Crippen molar-refractivity contribution in [1.82, 2.24) is 0 Å². The average molecular weight is 228 g/mol. The average Bonchev–Trinajstić information content (AvgIpc) is 2.28. The molecule has 86 valence electrons. The molecule has 0 radical (unpaired) electrons. The minimum atomic E-state index is -3.12. The molecule has 1 N–H and O–H groups in total. The second-order valence-electron chi connectivity index (χ2n) is 2.96. The van der Waals surface area contributed by atoms with E-state index in [1.165, 1.54) is 19.2 Å². The van der Waals surface area contributed by atoms with Gasteiger partial charge in [-0.05, 0) is 12.1 Å². The zero-order valence-electron chi connectivity index (χ0n) is 8.48. The van der Waals surface area contributed by atoms with Gasteiger partial charge >= 0.3 is 0 Å². The first-order chi connectivity index (χ1) is 7.54. The molecule has 0 bridgehead atoms. The molecule has 0 heterocycles. The highest BCUT2D eigenvalue weighted by Crippen LogP contribution is 2.18. The number of alkyl halides is 2. The van der Waals surface area contributed by atoms with E-state index in [1.807, 2.05) is 0 Å². The van der Waals surface area contributed by atoms with E-state index in [1.54, 1.807) is 12.1 Å². The van der Waals surface area contributed by atoms with Crippen LogP contribution in [0, 0.1) is 0 Å². The van der Waals surface area contributed by atoms with Gasteiger partial charge in [-0.15, -0.1) is 0 Å². The van der Waals surface area contributed by atoms with Gasteiger partial charge in [0, 0.05) is 11.6 Å². The van der Waals surface area contributed by atoms with Crippen molar-refractivity contribution in [2.45, 2.75) is 6.43 Å². The van der Waals surface area contributed by atoms with E-state index in [-0.39, 0.29) is 5.56 Å². The van der Waals surface area contributed by atoms with Crippen molar-refractivity contribution < 1.29 is 23.4 Å². The molecule has 0 fully saturated rings. The van der Waals surface area contributed by atoms with E-state index in [4.69, 9.17) is 4.74 Å². The van der Waals surface area contributed by atoms with Crippen LogP contribution in [0.3, 0.4) is 0 Å². The van der Waals surface area contributed by atoms with Gasteiger partial charge in [0.1, 0.15) is 11.5 Å². The molecule has 0 unspecified atom stereocenters. The van der Waals surface area contributed by atoms with Gasteiger partial charge in [-0.25, -0.2) is 8.78 Å². The number of benzene rings is 1. The van der Waals surface area contributed by atoms with Gasteiger partial charge in [0.05, 0.1) is 7.11 Å². The minimum Gasteiger partial charge on any atom is -0.507 e. The molecule has 0 amide bonds. The van der Waals surface area contributed by atoms with E-state index in [2.05, 4.69) is 0 Å². The number of carbonyl (C=O) groups excluding carboxylic acids is 1. The Bertz CT molecular complexity index is 413. The van der Waals surface area contributed by atoms with Gasteiger partial charge in [-0.3, -0.25) is 4.79 Å². The van der Waals surface area contributed by atoms with Crippen molar-refractivity contribution >= 4 is 11.5 Å². The Hall–Kier alpha value is -1.91. The smallest absolute Gasteiger partial charge is 0.300 e. The van der Waals surface area contributed by atoms with E-state index >= 15 is 0 Å². The van der Waals surface area contributed by atoms with Gasteiger partial charge in [-0.2, -0.15) is 0 Å². The third-order valence-electron chi connectivity index (χ3n) is 1.86. The van der Waals surface area contributed by atoms with Crippen molar-refractivity contribution in [2.24, 2.45) is 0 Å². The van der Waals surface area contributed by atoms with E-state index < -0.39 is 18.0 Å². The van der Waals surface area contributed by atoms with Crippen molar-refractivity contribution in [3.63, 3.8) is 0 Å². The van der Waals surface area contributed by atoms with Crippen LogP contribution in [0.1, 0.15) is 5.56 Å². The summed E-state index contributed by atoms with van der Waals surface area (Å²) in [7, 11) is 1.43. The maximum Gasteiger partial charge on any atom is 0.300 e. The summed E-state index contributed by atoms with van der Waals surface area (Å²) >= 11 is 0. The summed E-state index contributed by atoms with van der Waals surface area (Å²) in [5.41, 5.74) is 0.244. The van der Waals surface area contributed by atoms with Crippen molar-refractivity contribution in [1.29, 1.82) is 0 Å². The quantitative estimate of drug-likeness (QED) is 0.636. The fourth-order valence-corrected chi connectivity index (χ4v) is 1.06. The first-order valence-electron chi connectivity index (χ1n) is 4.41. The molecule has 0 aliphatic carbocycles. The van der Waals surface area contributed by atoms with Crippen molar-refractivity contribution in [3.05, 3.63) is 35.9 Å². The lowest BCUT2D eigenvalue weighted by Gasteiger charge is -2.03. The number of rotatable bonds is 4. The molecular weight excluding hydrogens is 218 g/mol. The minimum absolute atomic E-state index is 0.244. The highest BCUT2D eigenvalue weighted by molar-refractivity contribution is 5.97. The van der Waals surface area contributed by atoms with Crippen molar-refractivity contribution in [2.75, 3.05) is 7.11 Å². The topological polar surface area (TPSA) is 46.5 Å². The van der Waals surface area contributed by atoms with E-state index in [0.717, 1.165) is 0 Å². The molecule has 0 aromatic heterocycles. The third kappa shape index (κ3) is 3.05. The highest BCUT2D eigenvalue weighted by atomic mass is 19.3. The Morgan fingerprint density at radius 1 is 1.50 bits per heavy atom. The summed E-state index contributed by atoms with van der Waals surface area (Å²) in [6.45, 7) is 0. The first-order valence-corrected chi connectivity index (χ1v) is 4.41. The van der Waals surface area contributed by atoms with Crippen LogP contribution in [-0.2, 0) is 4.79 Å². The number of aliphatic hydroxyl groups is 1. The summed E-state index contributed by atoms with van der Waals surface area (Å²) in [5.74, 6) is -1.48. The molecule has 0 aliphatic rings. The maximum atomic E-state index is 11.9. The van der Waals surface area contributed by atoms with Crippen LogP contribution in [-0.4, -0.2) is 24.4 Å². The van der Waals surface area contributed by atoms with Gasteiger partial charge in [0.15, 0.2) is 0 Å². The summed E-state index contributed by atoms with van der Waals surface area (Å²) in [6, 6.07) is 6.12. The lowest BCUT2D eigenvalue weighted by atomic mass is 10.1. The normalized spacial score (nSPS) is 11.6. The number of ether oxygens (including phenoxy) is 1. The van der Waals surface area contributed by atoms with E-state index in [0.29, 0.717) is 11.8 Å². The van der Waals surface area contributed by atoms with Crippen LogP contribution in [0.2, 0.25) is 0 Å². The van der Waals surface area contributed by atoms with Crippen molar-refractivity contribution in [3.8, 4) is 5.75 Å². The number of allylic oxidation sites excluding steroid dienone is 1. The Labute approximate surface area is 91.0 Å². The fourth-order valence-electron chi connectivity index (χ4n) is 1.06. The van der Waals surface area contributed by atoms with Gasteiger partial charge in [-0.1, -0.05) is 12.1 Å². The predicted molar refractivity (Wildman–Crippen MR) is 54.6 cm³/mol. The molecule has 3 nitrogen and oxygen atoms in total. The Kier molecular flexibility index (Phi) is 3.99. The summed E-state index contributed by atoms with van der Waals surface area (Å²) < 4.78 is 28.7. The van der Waals surface area contributed by atoms with Crippen LogP contribution in [0.15, 0.2) is 30.3 Å². The second kappa shape index (κ2) is 5.25. The van der Waals surface area contributed by atoms with Crippen LogP contribution < -0.4 is 4.74 Å².